The number of morpholine rings is 1. The van der Waals surface area contributed by atoms with Gasteiger partial charge in [0.05, 0.1) is 23.9 Å². The number of aliphatic hydroxyl groups is 1. The smallest absolute Gasteiger partial charge is 0.257 e. The fourth-order valence-electron chi connectivity index (χ4n) is 2.38. The summed E-state index contributed by atoms with van der Waals surface area (Å²) in [6.45, 7) is 3.81. The Morgan fingerprint density at radius 2 is 2.20 bits per heavy atom. The van der Waals surface area contributed by atoms with Gasteiger partial charge in [0.1, 0.15) is 11.6 Å². The van der Waals surface area contributed by atoms with Gasteiger partial charge in [0.25, 0.3) is 5.91 Å². The van der Waals surface area contributed by atoms with Gasteiger partial charge in [-0.2, -0.15) is 0 Å². The van der Waals surface area contributed by atoms with Crippen LogP contribution in [0.3, 0.4) is 0 Å². The van der Waals surface area contributed by atoms with Crippen molar-refractivity contribution in [3.63, 3.8) is 0 Å². The second-order valence-electron chi connectivity index (χ2n) is 5.49. The SMILES string of the molecule is CC1(C)CN(C(=O)c2ccc(F)cc2F)CC(CO)O1. The molecule has 1 saturated heterocycles. The molecule has 0 aliphatic carbocycles. The predicted octanol–water partition coefficient (Wildman–Crippen LogP) is 1.58. The maximum absolute atomic E-state index is 13.7. The van der Waals surface area contributed by atoms with Crippen LogP contribution in [0.2, 0.25) is 0 Å². The Bertz CT molecular complexity index is 519. The quantitative estimate of drug-likeness (QED) is 0.897. The van der Waals surface area contributed by atoms with Crippen LogP contribution in [-0.4, -0.2) is 47.3 Å². The number of halogens is 2. The van der Waals surface area contributed by atoms with E-state index < -0.39 is 29.2 Å². The number of ether oxygens (including phenoxy) is 1. The van der Waals surface area contributed by atoms with Gasteiger partial charge in [0, 0.05) is 19.2 Å². The zero-order valence-corrected chi connectivity index (χ0v) is 11.4. The number of nitrogens with zero attached hydrogens (tertiary/aromatic N) is 1. The minimum atomic E-state index is -0.889. The lowest BCUT2D eigenvalue weighted by Crippen LogP contribution is -2.55. The summed E-state index contributed by atoms with van der Waals surface area (Å²) in [6.07, 6.45) is -0.508. The van der Waals surface area contributed by atoms with Gasteiger partial charge in [-0.1, -0.05) is 0 Å². The van der Waals surface area contributed by atoms with E-state index >= 15 is 0 Å². The number of amides is 1. The normalized spacial score (nSPS) is 21.9. The summed E-state index contributed by atoms with van der Waals surface area (Å²) in [5, 5.41) is 9.20. The fourth-order valence-corrected chi connectivity index (χ4v) is 2.38. The molecule has 1 aromatic rings. The van der Waals surface area contributed by atoms with Gasteiger partial charge in [-0.15, -0.1) is 0 Å². The lowest BCUT2D eigenvalue weighted by molar-refractivity contribution is -0.139. The zero-order chi connectivity index (χ0) is 14.9. The Hall–Kier alpha value is -1.53. The van der Waals surface area contributed by atoms with E-state index in [1.165, 1.54) is 4.90 Å². The van der Waals surface area contributed by atoms with Crippen molar-refractivity contribution in [3.8, 4) is 0 Å². The van der Waals surface area contributed by atoms with Gasteiger partial charge in [0.2, 0.25) is 0 Å². The van der Waals surface area contributed by atoms with Crippen molar-refractivity contribution in [1.82, 2.24) is 4.90 Å². The van der Waals surface area contributed by atoms with E-state index in [0.717, 1.165) is 12.1 Å². The molecule has 1 heterocycles. The first kappa shape index (κ1) is 14.9. The summed E-state index contributed by atoms with van der Waals surface area (Å²) in [6, 6.07) is 2.86. The Kier molecular flexibility index (Phi) is 4.06. The van der Waals surface area contributed by atoms with Crippen LogP contribution >= 0.6 is 0 Å². The highest BCUT2D eigenvalue weighted by Crippen LogP contribution is 2.23. The van der Waals surface area contributed by atoms with Gasteiger partial charge < -0.3 is 14.7 Å². The van der Waals surface area contributed by atoms with Gasteiger partial charge in [-0.3, -0.25) is 4.79 Å². The molecule has 20 heavy (non-hydrogen) atoms. The molecular formula is C14H17F2NO3. The molecule has 110 valence electrons. The zero-order valence-electron chi connectivity index (χ0n) is 11.4. The van der Waals surface area contributed by atoms with E-state index in [9.17, 15) is 18.7 Å². The number of benzene rings is 1. The van der Waals surface area contributed by atoms with E-state index in [1.54, 1.807) is 13.8 Å². The number of carbonyl (C=O) groups is 1. The van der Waals surface area contributed by atoms with Crippen LogP contribution in [0.4, 0.5) is 8.78 Å². The van der Waals surface area contributed by atoms with E-state index in [2.05, 4.69) is 0 Å². The second-order valence-corrected chi connectivity index (χ2v) is 5.49. The number of hydrogen-bond donors (Lipinski definition) is 1. The molecule has 0 aromatic heterocycles. The summed E-state index contributed by atoms with van der Waals surface area (Å²) >= 11 is 0. The van der Waals surface area contributed by atoms with E-state index in [4.69, 9.17) is 4.74 Å². The van der Waals surface area contributed by atoms with Crippen LogP contribution in [0, 0.1) is 11.6 Å². The minimum absolute atomic E-state index is 0.176. The van der Waals surface area contributed by atoms with E-state index in [-0.39, 0.29) is 25.3 Å². The predicted molar refractivity (Wildman–Crippen MR) is 68.3 cm³/mol. The number of aliphatic hydroxyl groups excluding tert-OH is 1. The topological polar surface area (TPSA) is 49.8 Å². The van der Waals surface area contributed by atoms with Crippen molar-refractivity contribution in [2.24, 2.45) is 0 Å². The van der Waals surface area contributed by atoms with Gasteiger partial charge in [-0.05, 0) is 26.0 Å². The molecule has 1 atom stereocenters. The molecular weight excluding hydrogens is 268 g/mol. The van der Waals surface area contributed by atoms with Gasteiger partial charge in [-0.25, -0.2) is 8.78 Å². The maximum Gasteiger partial charge on any atom is 0.257 e. The van der Waals surface area contributed by atoms with E-state index in [0.29, 0.717) is 6.07 Å². The molecule has 1 fully saturated rings. The molecule has 1 aliphatic heterocycles. The van der Waals surface area contributed by atoms with Crippen LogP contribution in [0.5, 0.6) is 0 Å². The van der Waals surface area contributed by atoms with Gasteiger partial charge in [0.15, 0.2) is 0 Å². The highest BCUT2D eigenvalue weighted by Gasteiger charge is 2.36. The maximum atomic E-state index is 13.7. The molecule has 2 rings (SSSR count). The van der Waals surface area contributed by atoms with Crippen molar-refractivity contribution in [3.05, 3.63) is 35.4 Å². The average Bonchev–Trinajstić information content (AvgIpc) is 2.36. The Balaban J connectivity index is 2.23. The molecule has 0 radical (unpaired) electrons. The first-order valence-corrected chi connectivity index (χ1v) is 6.35. The number of rotatable bonds is 2. The molecule has 0 saturated carbocycles. The Morgan fingerprint density at radius 3 is 2.80 bits per heavy atom. The molecule has 1 aliphatic rings. The first-order valence-electron chi connectivity index (χ1n) is 6.35. The molecule has 1 amide bonds. The first-order chi connectivity index (χ1) is 9.32. The minimum Gasteiger partial charge on any atom is -0.394 e. The largest absolute Gasteiger partial charge is 0.394 e. The molecule has 6 heteroatoms. The van der Waals surface area contributed by atoms with Crippen molar-refractivity contribution >= 4 is 5.91 Å². The highest BCUT2D eigenvalue weighted by atomic mass is 19.1. The van der Waals surface area contributed by atoms with Crippen molar-refractivity contribution in [2.75, 3.05) is 19.7 Å². The summed E-state index contributed by atoms with van der Waals surface area (Å²) in [7, 11) is 0. The van der Waals surface area contributed by atoms with Crippen LogP contribution < -0.4 is 0 Å². The third kappa shape index (κ3) is 3.13. The molecule has 0 bridgehead atoms. The highest BCUT2D eigenvalue weighted by molar-refractivity contribution is 5.94. The molecule has 1 aromatic carbocycles. The summed E-state index contributed by atoms with van der Waals surface area (Å²) in [5.41, 5.74) is -0.807. The van der Waals surface area contributed by atoms with Crippen molar-refractivity contribution in [1.29, 1.82) is 0 Å². The number of hydrogen-bond acceptors (Lipinski definition) is 3. The van der Waals surface area contributed by atoms with Crippen LogP contribution in [0.1, 0.15) is 24.2 Å². The van der Waals surface area contributed by atoms with Gasteiger partial charge >= 0.3 is 0 Å². The van der Waals surface area contributed by atoms with Crippen LogP contribution in [0.15, 0.2) is 18.2 Å². The standard InChI is InChI=1S/C14H17F2NO3/c1-14(2)8-17(6-10(7-18)20-14)13(19)11-4-3-9(15)5-12(11)16/h3-5,10,18H,6-8H2,1-2H3. The van der Waals surface area contributed by atoms with Crippen molar-refractivity contribution < 1.29 is 23.4 Å². The number of carbonyl (C=O) groups excluding carboxylic acids is 1. The molecule has 4 nitrogen and oxygen atoms in total. The third-order valence-electron chi connectivity index (χ3n) is 3.13. The molecule has 0 spiro atoms. The van der Waals surface area contributed by atoms with Crippen LogP contribution in [0.25, 0.3) is 0 Å². The molecule has 1 unspecified atom stereocenters. The summed E-state index contributed by atoms with van der Waals surface area (Å²) in [4.78, 5) is 13.7. The lowest BCUT2D eigenvalue weighted by Gasteiger charge is -2.42. The Labute approximate surface area is 116 Å². The lowest BCUT2D eigenvalue weighted by atomic mass is 10.0. The summed E-state index contributed by atoms with van der Waals surface area (Å²) < 4.78 is 32.1. The second kappa shape index (κ2) is 5.46. The Morgan fingerprint density at radius 1 is 1.50 bits per heavy atom. The molecule has 1 N–H and O–H groups in total. The third-order valence-corrected chi connectivity index (χ3v) is 3.13. The van der Waals surface area contributed by atoms with E-state index in [1.807, 2.05) is 0 Å². The summed E-state index contributed by atoms with van der Waals surface area (Å²) in [5.74, 6) is -2.15. The average molecular weight is 285 g/mol. The van der Waals surface area contributed by atoms with Crippen LogP contribution in [-0.2, 0) is 4.74 Å². The monoisotopic (exact) mass is 285 g/mol. The fraction of sp³-hybridized carbons (Fsp3) is 0.500. The van der Waals surface area contributed by atoms with Crippen molar-refractivity contribution in [2.45, 2.75) is 25.6 Å².